The second-order valence-corrected chi connectivity index (χ2v) is 18.9. The van der Waals surface area contributed by atoms with Crippen molar-refractivity contribution in [2.45, 2.75) is 88.2 Å². The molecule has 0 spiro atoms. The lowest BCUT2D eigenvalue weighted by Gasteiger charge is -2.30. The minimum atomic E-state index is -3.38. The third-order valence-corrected chi connectivity index (χ3v) is 14.1. The third kappa shape index (κ3) is 13.7. The molecule has 1 rings (SSSR count). The van der Waals surface area contributed by atoms with Crippen molar-refractivity contribution in [3.63, 3.8) is 0 Å². The summed E-state index contributed by atoms with van der Waals surface area (Å²) in [6.45, 7) is 12.1. The molecule has 0 saturated carbocycles. The zero-order valence-corrected chi connectivity index (χ0v) is 28.3. The highest BCUT2D eigenvalue weighted by molar-refractivity contribution is 8.05. The largest absolute Gasteiger partial charge is 0.343 e. The van der Waals surface area contributed by atoms with Crippen molar-refractivity contribution in [2.75, 3.05) is 33.3 Å². The molecule has 0 heterocycles. The Morgan fingerprint density at radius 1 is 1.02 bits per heavy atom. The molecule has 0 saturated heterocycles. The highest BCUT2D eigenvalue weighted by atomic mass is 32.2. The summed E-state index contributed by atoms with van der Waals surface area (Å²) >= 11 is 1.60. The lowest BCUT2D eigenvalue weighted by Crippen LogP contribution is -2.19. The Labute approximate surface area is 249 Å². The second-order valence-electron chi connectivity index (χ2n) is 11.2. The van der Waals surface area contributed by atoms with E-state index in [9.17, 15) is 9.13 Å². The normalized spacial score (nSPS) is 16.2. The van der Waals surface area contributed by atoms with Gasteiger partial charge in [0.15, 0.2) is 0 Å². The number of nitrogens with zero attached hydrogens (tertiary/aromatic N) is 1. The molecule has 0 aliphatic rings. The van der Waals surface area contributed by atoms with Gasteiger partial charge in [-0.25, -0.2) is 0 Å². The van der Waals surface area contributed by atoms with E-state index >= 15 is 0 Å². The number of rotatable bonds is 22. The predicted molar refractivity (Wildman–Crippen MR) is 175 cm³/mol. The topological polar surface area (TPSA) is 76.4 Å². The molecule has 226 valence electrons. The first-order chi connectivity index (χ1) is 19.0. The Kier molecular flexibility index (Phi) is 18.4. The quantitative estimate of drug-likeness (QED) is 0.0961. The van der Waals surface area contributed by atoms with Gasteiger partial charge in [-0.1, -0.05) is 62.4 Å². The molecule has 0 aliphatic heterocycles. The highest BCUT2D eigenvalue weighted by Gasteiger charge is 2.38. The molecule has 8 heteroatoms. The fraction of sp³-hybridized carbons (Fsp3) is 0.656. The molecule has 0 bridgehead atoms. The Hall–Kier alpha value is -1.08. The van der Waals surface area contributed by atoms with Gasteiger partial charge in [-0.05, 0) is 93.8 Å². The molecule has 0 aromatic heterocycles. The lowest BCUT2D eigenvalue weighted by atomic mass is 9.81. The molecular weight excluding hydrogens is 556 g/mol. The molecular formula is C32H53NO4P2S. The first kappa shape index (κ1) is 36.9. The fourth-order valence-corrected chi connectivity index (χ4v) is 10.8. The average molecular weight is 610 g/mol. The smallest absolute Gasteiger partial charge is 0.324 e. The highest BCUT2D eigenvalue weighted by Crippen LogP contribution is 2.60. The summed E-state index contributed by atoms with van der Waals surface area (Å²) in [6.07, 6.45) is 14.3. The standard InChI is InChI=1S/C32H53NO4P2S/c1-8-10-11-13-17-28(9-2)25-30(29-18-14-12-15-19-29)24-27(3)21-23-40-32(39(35,36-4)37-5)26-31(20-16-22-33)38(6,7)34/h9-12,14-15,18-19,27-28,30-32H,2,8,13,16-17,20-21,23-26H2,1,3-7H3/b11-10+. The molecule has 5 atom stereocenters. The van der Waals surface area contributed by atoms with Crippen molar-refractivity contribution in [1.82, 2.24) is 0 Å². The third-order valence-electron chi connectivity index (χ3n) is 7.71. The molecule has 5 nitrogen and oxygen atoms in total. The van der Waals surface area contributed by atoms with E-state index in [1.54, 1.807) is 25.1 Å². The van der Waals surface area contributed by atoms with Crippen LogP contribution >= 0.6 is 26.5 Å². The van der Waals surface area contributed by atoms with Gasteiger partial charge < -0.3 is 13.6 Å². The van der Waals surface area contributed by atoms with Gasteiger partial charge in [0.25, 0.3) is 0 Å². The summed E-state index contributed by atoms with van der Waals surface area (Å²) in [6, 6.07) is 13.0. The molecule has 0 aliphatic carbocycles. The van der Waals surface area contributed by atoms with E-state index in [0.717, 1.165) is 44.3 Å². The van der Waals surface area contributed by atoms with E-state index in [2.05, 4.69) is 75.1 Å². The Morgan fingerprint density at radius 3 is 2.25 bits per heavy atom. The van der Waals surface area contributed by atoms with Crippen LogP contribution in [0.25, 0.3) is 0 Å². The molecule has 0 N–H and O–H groups in total. The van der Waals surface area contributed by atoms with Crippen LogP contribution in [0.5, 0.6) is 0 Å². The summed E-state index contributed by atoms with van der Waals surface area (Å²) in [5.41, 5.74) is 1.19. The Balaban J connectivity index is 2.93. The zero-order chi connectivity index (χ0) is 30.0. The maximum atomic E-state index is 13.5. The van der Waals surface area contributed by atoms with Crippen LogP contribution in [0, 0.1) is 23.2 Å². The Morgan fingerprint density at radius 2 is 1.70 bits per heavy atom. The number of allylic oxidation sites excluding steroid dienone is 3. The van der Waals surface area contributed by atoms with Gasteiger partial charge in [-0.3, -0.25) is 4.57 Å². The van der Waals surface area contributed by atoms with Crippen LogP contribution < -0.4 is 0 Å². The van der Waals surface area contributed by atoms with Crippen molar-refractivity contribution >= 4 is 26.5 Å². The van der Waals surface area contributed by atoms with Crippen molar-refractivity contribution < 1.29 is 18.2 Å². The van der Waals surface area contributed by atoms with Crippen molar-refractivity contribution in [2.24, 2.45) is 11.8 Å². The van der Waals surface area contributed by atoms with E-state index in [0.29, 0.717) is 37.0 Å². The summed E-state index contributed by atoms with van der Waals surface area (Å²) in [4.78, 5) is -0.419. The molecule has 5 unspecified atom stereocenters. The van der Waals surface area contributed by atoms with E-state index < -0.39 is 19.7 Å². The van der Waals surface area contributed by atoms with Crippen molar-refractivity contribution in [3.05, 3.63) is 60.7 Å². The monoisotopic (exact) mass is 609 g/mol. The predicted octanol–water partition coefficient (Wildman–Crippen LogP) is 10.4. The average Bonchev–Trinajstić information content (AvgIpc) is 2.94. The molecule has 0 fully saturated rings. The first-order valence-corrected chi connectivity index (χ1v) is 19.9. The van der Waals surface area contributed by atoms with Gasteiger partial charge in [-0.2, -0.15) is 5.26 Å². The molecule has 40 heavy (non-hydrogen) atoms. The fourth-order valence-electron chi connectivity index (χ4n) is 5.14. The van der Waals surface area contributed by atoms with Crippen LogP contribution in [-0.2, 0) is 18.2 Å². The van der Waals surface area contributed by atoms with E-state index in [4.69, 9.17) is 14.3 Å². The van der Waals surface area contributed by atoms with Crippen LogP contribution in [0.1, 0.15) is 83.1 Å². The van der Waals surface area contributed by atoms with Crippen LogP contribution in [0.2, 0.25) is 0 Å². The first-order valence-electron chi connectivity index (χ1n) is 14.6. The minimum Gasteiger partial charge on any atom is -0.324 e. The van der Waals surface area contributed by atoms with Gasteiger partial charge in [0, 0.05) is 26.3 Å². The molecule has 1 aromatic rings. The van der Waals surface area contributed by atoms with Crippen molar-refractivity contribution in [1.29, 1.82) is 5.26 Å². The van der Waals surface area contributed by atoms with Gasteiger partial charge in [0.1, 0.15) is 4.99 Å². The molecule has 1 aromatic carbocycles. The maximum absolute atomic E-state index is 13.5. The number of hydrogen-bond acceptors (Lipinski definition) is 6. The zero-order valence-electron chi connectivity index (χ0n) is 25.7. The van der Waals surface area contributed by atoms with E-state index in [1.807, 2.05) is 0 Å². The van der Waals surface area contributed by atoms with Gasteiger partial charge in [-0.15, -0.1) is 18.3 Å². The maximum Gasteiger partial charge on any atom is 0.343 e. The van der Waals surface area contributed by atoms with Crippen LogP contribution in [0.3, 0.4) is 0 Å². The number of benzene rings is 1. The summed E-state index contributed by atoms with van der Waals surface area (Å²) in [7, 11) is -3.04. The summed E-state index contributed by atoms with van der Waals surface area (Å²) in [5.74, 6) is 2.18. The summed E-state index contributed by atoms with van der Waals surface area (Å²) in [5, 5.41) is 9.10. The van der Waals surface area contributed by atoms with E-state index in [1.165, 1.54) is 19.8 Å². The van der Waals surface area contributed by atoms with Crippen LogP contribution in [-0.4, -0.2) is 44.0 Å². The van der Waals surface area contributed by atoms with E-state index in [-0.39, 0.29) is 5.66 Å². The molecule has 0 amide bonds. The van der Waals surface area contributed by atoms with Crippen molar-refractivity contribution in [3.8, 4) is 6.07 Å². The van der Waals surface area contributed by atoms with Gasteiger partial charge in [0.2, 0.25) is 0 Å². The van der Waals surface area contributed by atoms with Gasteiger partial charge >= 0.3 is 7.60 Å². The lowest BCUT2D eigenvalue weighted by molar-refractivity contribution is 0.272. The molecule has 0 radical (unpaired) electrons. The number of hydrogen-bond donors (Lipinski definition) is 0. The number of thioether (sulfide) groups is 1. The van der Waals surface area contributed by atoms with Crippen LogP contribution in [0.4, 0.5) is 0 Å². The van der Waals surface area contributed by atoms with Gasteiger partial charge in [0.05, 0.1) is 13.2 Å². The summed E-state index contributed by atoms with van der Waals surface area (Å²) < 4.78 is 37.3. The number of nitriles is 1. The SMILES string of the molecule is C=CC(CC/C=C/CC)CC(CC(C)CCSC(CC(CCC#N)P(C)(C)=O)P(=O)(OC)OC)c1ccccc1. The Bertz CT molecular complexity index is 996. The van der Waals surface area contributed by atoms with Crippen LogP contribution in [0.15, 0.2) is 55.1 Å². The second kappa shape index (κ2) is 19.9. The minimum absolute atomic E-state index is 0.189.